The van der Waals surface area contributed by atoms with Crippen LogP contribution >= 0.6 is 11.6 Å². The minimum Gasteiger partial charge on any atom is -0.398 e. The first-order valence-electron chi connectivity index (χ1n) is 6.54. The number of hydrogen-bond acceptors (Lipinski definition) is 2. The lowest BCUT2D eigenvalue weighted by Crippen LogP contribution is -2.36. The first-order valence-corrected chi connectivity index (χ1v) is 6.92. The number of rotatable bonds is 1. The molecule has 20 heavy (non-hydrogen) atoms. The molecule has 1 amide bonds. The average Bonchev–Trinajstić information content (AvgIpc) is 2.76. The number of para-hydroxylation sites is 1. The molecule has 3 nitrogen and oxygen atoms in total. The molecule has 0 fully saturated rings. The molecule has 1 aliphatic heterocycles. The van der Waals surface area contributed by atoms with Crippen molar-refractivity contribution in [2.24, 2.45) is 0 Å². The quantitative estimate of drug-likeness (QED) is 0.816. The lowest BCUT2D eigenvalue weighted by molar-refractivity contribution is 0.0982. The number of carbonyl (C=O) groups is 1. The zero-order valence-electron chi connectivity index (χ0n) is 11.1. The molecule has 0 aromatic heterocycles. The van der Waals surface area contributed by atoms with Gasteiger partial charge in [0, 0.05) is 22.4 Å². The van der Waals surface area contributed by atoms with Gasteiger partial charge in [0.15, 0.2) is 0 Å². The van der Waals surface area contributed by atoms with E-state index >= 15 is 0 Å². The van der Waals surface area contributed by atoms with E-state index in [1.54, 1.807) is 23.1 Å². The second-order valence-corrected chi connectivity index (χ2v) is 5.53. The second-order valence-electron chi connectivity index (χ2n) is 5.09. The van der Waals surface area contributed by atoms with Crippen LogP contribution in [-0.2, 0) is 6.42 Å². The maximum atomic E-state index is 12.8. The molecule has 0 saturated heterocycles. The molecule has 1 aliphatic rings. The zero-order valence-corrected chi connectivity index (χ0v) is 11.9. The van der Waals surface area contributed by atoms with Crippen LogP contribution in [0.15, 0.2) is 42.5 Å². The normalized spacial score (nSPS) is 17.1. The van der Waals surface area contributed by atoms with Crippen LogP contribution in [-0.4, -0.2) is 11.9 Å². The van der Waals surface area contributed by atoms with E-state index < -0.39 is 0 Å². The number of nitrogens with zero attached hydrogens (tertiary/aromatic N) is 1. The molecule has 2 aromatic rings. The Bertz CT molecular complexity index is 684. The van der Waals surface area contributed by atoms with Crippen LogP contribution in [0.1, 0.15) is 22.8 Å². The lowest BCUT2D eigenvalue weighted by Gasteiger charge is -2.23. The van der Waals surface area contributed by atoms with Gasteiger partial charge in [-0.25, -0.2) is 0 Å². The van der Waals surface area contributed by atoms with Gasteiger partial charge in [-0.15, -0.1) is 0 Å². The average molecular weight is 287 g/mol. The molecular weight excluding hydrogens is 272 g/mol. The number of halogens is 1. The largest absolute Gasteiger partial charge is 0.398 e. The predicted octanol–water partition coefficient (Wildman–Crippen LogP) is 3.51. The van der Waals surface area contributed by atoms with Crippen molar-refractivity contribution in [2.75, 3.05) is 10.6 Å². The van der Waals surface area contributed by atoms with Crippen molar-refractivity contribution in [1.82, 2.24) is 0 Å². The fourth-order valence-electron chi connectivity index (χ4n) is 2.72. The maximum absolute atomic E-state index is 12.8. The summed E-state index contributed by atoms with van der Waals surface area (Å²) in [7, 11) is 0. The van der Waals surface area contributed by atoms with Gasteiger partial charge in [-0.05, 0) is 43.2 Å². The highest BCUT2D eigenvalue weighted by molar-refractivity contribution is 6.31. The Balaban J connectivity index is 2.05. The molecule has 1 atom stereocenters. The SMILES string of the molecule is CC1Cc2ccccc2N1C(=O)c1cc(Cl)ccc1N. The number of nitrogens with two attached hydrogens (primary N) is 1. The van der Waals surface area contributed by atoms with Crippen LogP contribution < -0.4 is 10.6 Å². The van der Waals surface area contributed by atoms with E-state index in [0.717, 1.165) is 12.1 Å². The molecular formula is C16H15ClN2O. The highest BCUT2D eigenvalue weighted by Gasteiger charge is 2.31. The lowest BCUT2D eigenvalue weighted by atomic mass is 10.1. The Labute approximate surface area is 123 Å². The van der Waals surface area contributed by atoms with Crippen molar-refractivity contribution in [2.45, 2.75) is 19.4 Å². The van der Waals surface area contributed by atoms with E-state index in [0.29, 0.717) is 16.3 Å². The van der Waals surface area contributed by atoms with Gasteiger partial charge in [0.25, 0.3) is 5.91 Å². The van der Waals surface area contributed by atoms with Crippen LogP contribution in [0.2, 0.25) is 5.02 Å². The summed E-state index contributed by atoms with van der Waals surface area (Å²) in [6.07, 6.45) is 0.863. The third-order valence-corrected chi connectivity index (χ3v) is 3.91. The highest BCUT2D eigenvalue weighted by Crippen LogP contribution is 2.34. The number of nitrogen functional groups attached to an aromatic ring is 1. The van der Waals surface area contributed by atoms with Gasteiger partial charge in [0.1, 0.15) is 0 Å². The predicted molar refractivity (Wildman–Crippen MR) is 82.3 cm³/mol. The summed E-state index contributed by atoms with van der Waals surface area (Å²) in [5.74, 6) is -0.0950. The first kappa shape index (κ1) is 13.0. The van der Waals surface area contributed by atoms with Crippen molar-refractivity contribution < 1.29 is 4.79 Å². The van der Waals surface area contributed by atoms with Gasteiger partial charge in [-0.2, -0.15) is 0 Å². The minimum atomic E-state index is -0.0950. The maximum Gasteiger partial charge on any atom is 0.260 e. The van der Waals surface area contributed by atoms with Gasteiger partial charge in [0.05, 0.1) is 5.56 Å². The molecule has 0 saturated carbocycles. The molecule has 2 aromatic carbocycles. The van der Waals surface area contributed by atoms with Crippen molar-refractivity contribution in [3.63, 3.8) is 0 Å². The number of hydrogen-bond donors (Lipinski definition) is 1. The van der Waals surface area contributed by atoms with Crippen LogP contribution in [0, 0.1) is 0 Å². The Hall–Kier alpha value is -2.00. The summed E-state index contributed by atoms with van der Waals surface area (Å²) >= 11 is 5.98. The number of amides is 1. The Kier molecular flexibility index (Phi) is 3.14. The van der Waals surface area contributed by atoms with Gasteiger partial charge in [-0.1, -0.05) is 29.8 Å². The van der Waals surface area contributed by atoms with Crippen LogP contribution in [0.25, 0.3) is 0 Å². The summed E-state index contributed by atoms with van der Waals surface area (Å²) in [5, 5.41) is 0.516. The van der Waals surface area contributed by atoms with Crippen LogP contribution in [0.4, 0.5) is 11.4 Å². The highest BCUT2D eigenvalue weighted by atomic mass is 35.5. The molecule has 0 bridgehead atoms. The third kappa shape index (κ3) is 2.04. The monoisotopic (exact) mass is 286 g/mol. The molecule has 1 unspecified atom stereocenters. The van der Waals surface area contributed by atoms with Gasteiger partial charge >= 0.3 is 0 Å². The minimum absolute atomic E-state index is 0.0950. The molecule has 4 heteroatoms. The van der Waals surface area contributed by atoms with E-state index in [-0.39, 0.29) is 11.9 Å². The number of anilines is 2. The number of benzene rings is 2. The first-order chi connectivity index (χ1) is 9.58. The fraction of sp³-hybridized carbons (Fsp3) is 0.188. The van der Waals surface area contributed by atoms with E-state index in [2.05, 4.69) is 6.07 Å². The van der Waals surface area contributed by atoms with Crippen molar-refractivity contribution in [3.05, 3.63) is 58.6 Å². The van der Waals surface area contributed by atoms with Crippen LogP contribution in [0.5, 0.6) is 0 Å². The van der Waals surface area contributed by atoms with E-state index in [1.165, 1.54) is 5.56 Å². The summed E-state index contributed by atoms with van der Waals surface area (Å²) in [6, 6.07) is 13.1. The zero-order chi connectivity index (χ0) is 14.3. The molecule has 1 heterocycles. The topological polar surface area (TPSA) is 46.3 Å². The molecule has 3 rings (SSSR count). The Morgan fingerprint density at radius 1 is 1.30 bits per heavy atom. The Morgan fingerprint density at radius 2 is 2.05 bits per heavy atom. The van der Waals surface area contributed by atoms with Crippen molar-refractivity contribution >= 4 is 28.9 Å². The summed E-state index contributed by atoms with van der Waals surface area (Å²) in [5.41, 5.74) is 8.98. The number of fused-ring (bicyclic) bond motifs is 1. The van der Waals surface area contributed by atoms with E-state index in [4.69, 9.17) is 17.3 Å². The van der Waals surface area contributed by atoms with Crippen molar-refractivity contribution in [1.29, 1.82) is 0 Å². The van der Waals surface area contributed by atoms with E-state index in [1.807, 2.05) is 25.1 Å². The summed E-state index contributed by atoms with van der Waals surface area (Å²) in [4.78, 5) is 14.6. The summed E-state index contributed by atoms with van der Waals surface area (Å²) < 4.78 is 0. The smallest absolute Gasteiger partial charge is 0.260 e. The molecule has 0 spiro atoms. The van der Waals surface area contributed by atoms with Crippen molar-refractivity contribution in [3.8, 4) is 0 Å². The van der Waals surface area contributed by atoms with Gasteiger partial charge < -0.3 is 10.6 Å². The van der Waals surface area contributed by atoms with Crippen LogP contribution in [0.3, 0.4) is 0 Å². The third-order valence-electron chi connectivity index (χ3n) is 3.67. The standard InChI is InChI=1S/C16H15ClN2O/c1-10-8-11-4-2-3-5-15(11)19(10)16(20)13-9-12(17)6-7-14(13)18/h2-7,9-10H,8,18H2,1H3. The van der Waals surface area contributed by atoms with Gasteiger partial charge in [0.2, 0.25) is 0 Å². The van der Waals surface area contributed by atoms with Gasteiger partial charge in [-0.3, -0.25) is 4.79 Å². The van der Waals surface area contributed by atoms with E-state index in [9.17, 15) is 4.79 Å². The summed E-state index contributed by atoms with van der Waals surface area (Å²) in [6.45, 7) is 2.04. The molecule has 2 N–H and O–H groups in total. The fourth-order valence-corrected chi connectivity index (χ4v) is 2.89. The second kappa shape index (κ2) is 4.84. The molecule has 0 radical (unpaired) electrons. The molecule has 0 aliphatic carbocycles. The Morgan fingerprint density at radius 3 is 2.85 bits per heavy atom. The number of carbonyl (C=O) groups excluding carboxylic acids is 1. The molecule has 102 valence electrons.